The molecule has 5 rings (SSSR count). The number of rotatable bonds is 3. The van der Waals surface area contributed by atoms with Crippen molar-refractivity contribution in [2.24, 2.45) is 0 Å². The Kier molecular flexibility index (Phi) is 5.70. The second-order valence-electron chi connectivity index (χ2n) is 9.18. The predicted octanol–water partition coefficient (Wildman–Crippen LogP) is 7.19. The molecule has 0 saturated carbocycles. The van der Waals surface area contributed by atoms with Crippen molar-refractivity contribution in [2.45, 2.75) is 39.3 Å². The van der Waals surface area contributed by atoms with Crippen LogP contribution in [0.1, 0.15) is 53.8 Å². The largest absolute Gasteiger partial charge is 0.322 e. The third-order valence-corrected chi connectivity index (χ3v) is 6.57. The van der Waals surface area contributed by atoms with Crippen molar-refractivity contribution in [2.75, 3.05) is 5.32 Å². The van der Waals surface area contributed by atoms with Crippen LogP contribution < -0.4 is 5.32 Å². The number of benzene rings is 3. The van der Waals surface area contributed by atoms with E-state index in [9.17, 15) is 9.18 Å². The molecule has 2 amide bonds. The van der Waals surface area contributed by atoms with E-state index in [1.807, 2.05) is 29.3 Å². The van der Waals surface area contributed by atoms with Gasteiger partial charge in [-0.05, 0) is 65.4 Å². The van der Waals surface area contributed by atoms with Crippen molar-refractivity contribution < 1.29 is 9.18 Å². The lowest BCUT2D eigenvalue weighted by Crippen LogP contribution is -2.38. The summed E-state index contributed by atoms with van der Waals surface area (Å²) in [7, 11) is 0. The van der Waals surface area contributed by atoms with Crippen LogP contribution in [0.25, 0.3) is 5.69 Å². The SMILES string of the molecule is Cc1ccc(NC(=O)N2Cc3ccccc3-n3cccc3[C@@H]2c2ccc(C(C)C)cc2)cc1F. The Bertz CT molecular complexity index is 1340. The van der Waals surface area contributed by atoms with Gasteiger partial charge in [-0.1, -0.05) is 62.4 Å². The summed E-state index contributed by atoms with van der Waals surface area (Å²) in [6.45, 7) is 6.47. The van der Waals surface area contributed by atoms with E-state index in [1.54, 1.807) is 19.1 Å². The number of hydrogen-bond donors (Lipinski definition) is 1. The number of aromatic nitrogens is 1. The molecule has 1 aromatic heterocycles. The van der Waals surface area contributed by atoms with Crippen molar-refractivity contribution in [3.8, 4) is 5.69 Å². The fourth-order valence-electron chi connectivity index (χ4n) is 4.62. The Labute approximate surface area is 199 Å². The van der Waals surface area contributed by atoms with Crippen molar-refractivity contribution in [1.29, 1.82) is 0 Å². The zero-order valence-electron chi connectivity index (χ0n) is 19.6. The van der Waals surface area contributed by atoms with Crippen LogP contribution in [0, 0.1) is 12.7 Å². The summed E-state index contributed by atoms with van der Waals surface area (Å²) in [5.41, 5.74) is 6.38. The van der Waals surface area contributed by atoms with Crippen molar-refractivity contribution in [3.63, 3.8) is 0 Å². The van der Waals surface area contributed by atoms with Crippen LogP contribution in [0.5, 0.6) is 0 Å². The molecule has 4 aromatic rings. The first kappa shape index (κ1) is 22.0. The molecule has 2 heterocycles. The minimum atomic E-state index is -0.339. The number of hydrogen-bond acceptors (Lipinski definition) is 1. The third kappa shape index (κ3) is 3.98. The average molecular weight is 454 g/mol. The molecule has 172 valence electrons. The summed E-state index contributed by atoms with van der Waals surface area (Å²) < 4.78 is 16.3. The van der Waals surface area contributed by atoms with Crippen LogP contribution in [0.15, 0.2) is 85.1 Å². The molecule has 3 aromatic carbocycles. The first-order valence-corrected chi connectivity index (χ1v) is 11.6. The number of amides is 2. The summed E-state index contributed by atoms with van der Waals surface area (Å²) in [4.78, 5) is 15.5. The van der Waals surface area contributed by atoms with E-state index in [2.05, 4.69) is 66.2 Å². The van der Waals surface area contributed by atoms with Gasteiger partial charge in [0.2, 0.25) is 0 Å². The lowest BCUT2D eigenvalue weighted by Gasteiger charge is -2.31. The molecule has 0 saturated heterocycles. The van der Waals surface area contributed by atoms with Gasteiger partial charge >= 0.3 is 6.03 Å². The number of fused-ring (bicyclic) bond motifs is 3. The molecule has 1 aliphatic rings. The molecule has 4 nitrogen and oxygen atoms in total. The van der Waals surface area contributed by atoms with Gasteiger partial charge in [0, 0.05) is 17.6 Å². The molecule has 1 N–H and O–H groups in total. The normalized spacial score (nSPS) is 15.0. The summed E-state index contributed by atoms with van der Waals surface area (Å²) in [5.74, 6) is 0.0841. The fraction of sp³-hybridized carbons (Fsp3) is 0.207. The van der Waals surface area contributed by atoms with E-state index in [0.29, 0.717) is 23.7 Å². The topological polar surface area (TPSA) is 37.3 Å². The van der Waals surface area contributed by atoms with E-state index in [1.165, 1.54) is 11.6 Å². The number of nitrogens with zero attached hydrogens (tertiary/aromatic N) is 2. The Balaban J connectivity index is 1.60. The highest BCUT2D eigenvalue weighted by Gasteiger charge is 2.33. The Morgan fingerprint density at radius 3 is 2.50 bits per heavy atom. The summed E-state index contributed by atoms with van der Waals surface area (Å²) in [5, 5.41) is 2.93. The number of halogens is 1. The number of nitrogens with one attached hydrogen (secondary N) is 1. The molecule has 34 heavy (non-hydrogen) atoms. The van der Waals surface area contributed by atoms with E-state index < -0.39 is 0 Å². The predicted molar refractivity (Wildman–Crippen MR) is 134 cm³/mol. The molecule has 0 spiro atoms. The monoisotopic (exact) mass is 453 g/mol. The number of anilines is 1. The smallest absolute Gasteiger partial charge is 0.318 e. The molecule has 1 atom stereocenters. The van der Waals surface area contributed by atoms with Crippen LogP contribution in [0.4, 0.5) is 14.9 Å². The molecular weight excluding hydrogens is 425 g/mol. The Morgan fingerprint density at radius 2 is 1.76 bits per heavy atom. The van der Waals surface area contributed by atoms with Crippen LogP contribution in [-0.4, -0.2) is 15.5 Å². The highest BCUT2D eigenvalue weighted by molar-refractivity contribution is 5.90. The maximum Gasteiger partial charge on any atom is 0.322 e. The van der Waals surface area contributed by atoms with E-state index >= 15 is 0 Å². The van der Waals surface area contributed by atoms with Crippen molar-refractivity contribution >= 4 is 11.7 Å². The maximum atomic E-state index is 14.2. The van der Waals surface area contributed by atoms with Crippen LogP contribution in [0.2, 0.25) is 0 Å². The molecule has 0 bridgehead atoms. The van der Waals surface area contributed by atoms with Gasteiger partial charge < -0.3 is 14.8 Å². The van der Waals surface area contributed by atoms with E-state index in [4.69, 9.17) is 0 Å². The summed E-state index contributed by atoms with van der Waals surface area (Å²) >= 11 is 0. The summed E-state index contributed by atoms with van der Waals surface area (Å²) in [6, 6.07) is 24.9. The second-order valence-corrected chi connectivity index (χ2v) is 9.18. The average Bonchev–Trinajstić information content (AvgIpc) is 3.26. The van der Waals surface area contributed by atoms with Gasteiger partial charge in [0.05, 0.1) is 18.3 Å². The first-order valence-electron chi connectivity index (χ1n) is 11.6. The van der Waals surface area contributed by atoms with Gasteiger partial charge in [0.1, 0.15) is 5.82 Å². The third-order valence-electron chi connectivity index (χ3n) is 6.57. The van der Waals surface area contributed by atoms with Gasteiger partial charge in [-0.3, -0.25) is 0 Å². The zero-order valence-corrected chi connectivity index (χ0v) is 19.6. The molecule has 0 aliphatic carbocycles. The van der Waals surface area contributed by atoms with Gasteiger partial charge in [-0.25, -0.2) is 9.18 Å². The van der Waals surface area contributed by atoms with E-state index in [-0.39, 0.29) is 17.9 Å². The van der Waals surface area contributed by atoms with Crippen molar-refractivity contribution in [3.05, 3.63) is 119 Å². The van der Waals surface area contributed by atoms with Gasteiger partial charge in [-0.2, -0.15) is 0 Å². The molecule has 0 unspecified atom stereocenters. The van der Waals surface area contributed by atoms with Crippen LogP contribution in [-0.2, 0) is 6.54 Å². The number of para-hydroxylation sites is 1. The van der Waals surface area contributed by atoms with Gasteiger partial charge in [-0.15, -0.1) is 0 Å². The quantitative estimate of drug-likeness (QED) is 0.350. The first-order chi connectivity index (χ1) is 16.4. The maximum absolute atomic E-state index is 14.2. The molecular formula is C29H28FN3O. The van der Waals surface area contributed by atoms with Crippen molar-refractivity contribution in [1.82, 2.24) is 9.47 Å². The van der Waals surface area contributed by atoms with Gasteiger partial charge in [0.15, 0.2) is 0 Å². The standard InChI is InChI=1S/C29H28FN3O/c1-19(2)21-11-13-22(14-12-21)28-27-9-6-16-32(27)26-8-5-4-7-23(26)18-33(28)29(34)31-24-15-10-20(3)25(30)17-24/h4-17,19,28H,18H2,1-3H3,(H,31,34)/t28-/m0/s1. The summed E-state index contributed by atoms with van der Waals surface area (Å²) in [6.07, 6.45) is 2.04. The number of carbonyl (C=O) groups excluding carboxylic acids is 1. The highest BCUT2D eigenvalue weighted by Crippen LogP contribution is 2.37. The molecule has 0 radical (unpaired) electrons. The molecule has 1 aliphatic heterocycles. The minimum Gasteiger partial charge on any atom is -0.318 e. The molecule has 5 heteroatoms. The lowest BCUT2D eigenvalue weighted by molar-refractivity contribution is 0.194. The number of aryl methyl sites for hydroxylation is 1. The Morgan fingerprint density at radius 1 is 1.00 bits per heavy atom. The number of urea groups is 1. The minimum absolute atomic E-state index is 0.273. The lowest BCUT2D eigenvalue weighted by atomic mass is 9.97. The second kappa shape index (κ2) is 8.82. The van der Waals surface area contributed by atoms with Gasteiger partial charge in [0.25, 0.3) is 0 Å². The number of carbonyl (C=O) groups is 1. The molecule has 0 fully saturated rings. The van der Waals surface area contributed by atoms with Crippen LogP contribution >= 0.6 is 0 Å². The van der Waals surface area contributed by atoms with Crippen LogP contribution in [0.3, 0.4) is 0 Å². The Hall–Kier alpha value is -3.86. The van der Waals surface area contributed by atoms with E-state index in [0.717, 1.165) is 22.5 Å². The highest BCUT2D eigenvalue weighted by atomic mass is 19.1. The zero-order chi connectivity index (χ0) is 23.8. The fourth-order valence-corrected chi connectivity index (χ4v) is 4.62.